The Hall–Kier alpha value is 0.863. The molecule has 0 aromatic rings. The molecular formula is C20H41NS2Zn. The van der Waals surface area contributed by atoms with Crippen LogP contribution in [-0.4, -0.2) is 21.8 Å². The Morgan fingerprint density at radius 3 is 1.38 bits per heavy atom. The van der Waals surface area contributed by atoms with Gasteiger partial charge in [-0.15, -0.1) is 12.6 Å². The average molecular weight is 425 g/mol. The first-order chi connectivity index (χ1) is 11.1. The zero-order valence-corrected chi connectivity index (χ0v) is 21.4. The number of hydrogen-bond acceptors (Lipinski definition) is 1. The number of hydrogen-bond donors (Lipinski definition) is 1. The molecule has 0 rings (SSSR count). The summed E-state index contributed by atoms with van der Waals surface area (Å²) in [6.45, 7) is 7.73. The fourth-order valence-corrected chi connectivity index (χ4v) is 3.68. The van der Waals surface area contributed by atoms with Gasteiger partial charge >= 0.3 is 0 Å². The van der Waals surface area contributed by atoms with Crippen molar-refractivity contribution in [3.8, 4) is 0 Å². The number of thiocarbonyl (C=S) groups is 1. The van der Waals surface area contributed by atoms with Gasteiger partial charge in [-0.3, -0.25) is 0 Å². The summed E-state index contributed by atoms with van der Waals surface area (Å²) in [6.07, 6.45) is 19.7. The third-order valence-electron chi connectivity index (χ3n) is 4.62. The summed E-state index contributed by atoms with van der Waals surface area (Å²) in [5.74, 6) is 0. The normalized spacial score (nSPS) is 10.7. The molecule has 0 N–H and O–H groups in total. The molecule has 0 heterocycles. The smallest absolute Gasteiger partial charge is 0.133 e. The average Bonchev–Trinajstić information content (AvgIpc) is 2.50. The predicted molar refractivity (Wildman–Crippen MR) is 114 cm³/mol. The summed E-state index contributed by atoms with van der Waals surface area (Å²) in [6, 6.07) is 0.474. The number of unbranched alkanes of at least 4 members (excludes halogenated alkanes) is 13. The summed E-state index contributed by atoms with van der Waals surface area (Å²) < 4.78 is 0.745. The van der Waals surface area contributed by atoms with Gasteiger partial charge in [0, 0.05) is 32.1 Å². The molecule has 0 unspecified atom stereocenters. The summed E-state index contributed by atoms with van der Waals surface area (Å²) >= 11 is 9.50. The standard InChI is InChI=1S/C20H41NS2.Zn/c1-4-5-6-7-8-9-10-11-12-13-14-15-16-17-18-21(19(2)3)20(22)23;/h19H,4-18H2,1-3H3,(H,22,23);. The second-order valence-corrected chi connectivity index (χ2v) is 8.28. The molecule has 1 nitrogen and oxygen atoms in total. The molecule has 24 heavy (non-hydrogen) atoms. The molecule has 0 bridgehead atoms. The third kappa shape index (κ3) is 17.7. The van der Waals surface area contributed by atoms with Gasteiger partial charge in [0.1, 0.15) is 4.32 Å². The van der Waals surface area contributed by atoms with Crippen LogP contribution in [0.5, 0.6) is 0 Å². The van der Waals surface area contributed by atoms with Gasteiger partial charge in [0.15, 0.2) is 0 Å². The van der Waals surface area contributed by atoms with E-state index in [-0.39, 0.29) is 19.5 Å². The first-order valence-electron chi connectivity index (χ1n) is 10.1. The Kier molecular flexibility index (Phi) is 22.8. The van der Waals surface area contributed by atoms with Crippen LogP contribution in [0.15, 0.2) is 0 Å². The monoisotopic (exact) mass is 423 g/mol. The minimum absolute atomic E-state index is 0. The minimum Gasteiger partial charge on any atom is -0.355 e. The van der Waals surface area contributed by atoms with E-state index in [2.05, 4.69) is 38.3 Å². The van der Waals surface area contributed by atoms with Crippen molar-refractivity contribution in [1.82, 2.24) is 4.90 Å². The largest absolute Gasteiger partial charge is 0.355 e. The summed E-state index contributed by atoms with van der Waals surface area (Å²) in [5.41, 5.74) is 0. The van der Waals surface area contributed by atoms with Crippen molar-refractivity contribution in [2.24, 2.45) is 0 Å². The van der Waals surface area contributed by atoms with Gasteiger partial charge in [-0.1, -0.05) is 103 Å². The maximum atomic E-state index is 5.18. The van der Waals surface area contributed by atoms with E-state index in [9.17, 15) is 0 Å². The van der Waals surface area contributed by atoms with Crippen molar-refractivity contribution in [2.45, 2.75) is 117 Å². The van der Waals surface area contributed by atoms with E-state index < -0.39 is 0 Å². The van der Waals surface area contributed by atoms with E-state index in [0.717, 1.165) is 10.9 Å². The van der Waals surface area contributed by atoms with Gasteiger partial charge in [-0.05, 0) is 20.3 Å². The first-order valence-corrected chi connectivity index (χ1v) is 10.9. The first kappa shape index (κ1) is 27.1. The molecule has 0 aliphatic carbocycles. The number of thiol groups is 1. The van der Waals surface area contributed by atoms with Crippen LogP contribution < -0.4 is 0 Å². The summed E-state index contributed by atoms with van der Waals surface area (Å²) in [4.78, 5) is 2.22. The van der Waals surface area contributed by atoms with E-state index in [1.807, 2.05) is 0 Å². The molecule has 0 aromatic heterocycles. The van der Waals surface area contributed by atoms with E-state index in [1.54, 1.807) is 0 Å². The maximum absolute atomic E-state index is 5.18. The van der Waals surface area contributed by atoms with Gasteiger partial charge in [-0.25, -0.2) is 0 Å². The van der Waals surface area contributed by atoms with E-state index >= 15 is 0 Å². The molecule has 140 valence electrons. The SMILES string of the molecule is CCCCCCCCCCCCCCCCN(C(=S)S)C(C)C.[Zn]. The molecule has 0 aromatic carbocycles. The summed E-state index contributed by atoms with van der Waals surface area (Å²) in [5, 5.41) is 0. The van der Waals surface area contributed by atoms with Crippen LogP contribution >= 0.6 is 24.8 Å². The molecule has 0 atom stereocenters. The van der Waals surface area contributed by atoms with Crippen molar-refractivity contribution in [1.29, 1.82) is 0 Å². The Morgan fingerprint density at radius 2 is 1.08 bits per heavy atom. The van der Waals surface area contributed by atoms with Crippen molar-refractivity contribution in [3.05, 3.63) is 0 Å². The van der Waals surface area contributed by atoms with E-state index in [1.165, 1.54) is 89.9 Å². The number of nitrogens with zero attached hydrogens (tertiary/aromatic N) is 1. The Balaban J connectivity index is 0. The molecule has 0 saturated heterocycles. The molecule has 0 aliphatic heterocycles. The van der Waals surface area contributed by atoms with Gasteiger partial charge in [0.05, 0.1) is 0 Å². The number of rotatable bonds is 16. The van der Waals surface area contributed by atoms with Crippen LogP contribution in [0.25, 0.3) is 0 Å². The van der Waals surface area contributed by atoms with Crippen LogP contribution in [0.3, 0.4) is 0 Å². The molecule has 0 aliphatic rings. The van der Waals surface area contributed by atoms with E-state index in [0.29, 0.717) is 6.04 Å². The van der Waals surface area contributed by atoms with Crippen LogP contribution in [0.4, 0.5) is 0 Å². The van der Waals surface area contributed by atoms with E-state index in [4.69, 9.17) is 12.2 Å². The molecule has 0 spiro atoms. The van der Waals surface area contributed by atoms with Gasteiger partial charge < -0.3 is 4.90 Å². The second-order valence-electron chi connectivity index (χ2n) is 7.17. The van der Waals surface area contributed by atoms with Gasteiger partial charge in [0.2, 0.25) is 0 Å². The van der Waals surface area contributed by atoms with Crippen molar-refractivity contribution in [3.63, 3.8) is 0 Å². The topological polar surface area (TPSA) is 3.24 Å². The molecule has 0 amide bonds. The molecular weight excluding hydrogens is 384 g/mol. The van der Waals surface area contributed by atoms with Crippen molar-refractivity contribution in [2.75, 3.05) is 6.54 Å². The maximum Gasteiger partial charge on any atom is 0.133 e. The quantitative estimate of drug-likeness (QED) is 0.119. The van der Waals surface area contributed by atoms with Gasteiger partial charge in [-0.2, -0.15) is 0 Å². The minimum atomic E-state index is 0. The Labute approximate surface area is 176 Å². The third-order valence-corrected chi connectivity index (χ3v) is 5.11. The van der Waals surface area contributed by atoms with Crippen LogP contribution in [0.1, 0.15) is 111 Å². The molecule has 0 fully saturated rings. The Morgan fingerprint density at radius 1 is 0.750 bits per heavy atom. The fraction of sp³-hybridized carbons (Fsp3) is 0.950. The predicted octanol–water partition coefficient (Wildman–Crippen LogP) is 7.39. The molecule has 0 radical (unpaired) electrons. The fourth-order valence-electron chi connectivity index (χ4n) is 3.05. The van der Waals surface area contributed by atoms with Crippen LogP contribution in [0, 0.1) is 0 Å². The van der Waals surface area contributed by atoms with Crippen molar-refractivity contribution >= 4 is 29.2 Å². The zero-order valence-electron chi connectivity index (χ0n) is 16.7. The summed E-state index contributed by atoms with van der Waals surface area (Å²) in [7, 11) is 0. The Bertz CT molecular complexity index is 272. The van der Waals surface area contributed by atoms with Gasteiger partial charge in [0.25, 0.3) is 0 Å². The van der Waals surface area contributed by atoms with Crippen molar-refractivity contribution < 1.29 is 19.5 Å². The molecule has 4 heteroatoms. The molecule has 0 saturated carbocycles. The van der Waals surface area contributed by atoms with Crippen LogP contribution in [-0.2, 0) is 19.5 Å². The zero-order chi connectivity index (χ0) is 17.3. The second kappa shape index (κ2) is 20.2. The van der Waals surface area contributed by atoms with Crippen LogP contribution in [0.2, 0.25) is 0 Å².